The fourth-order valence-corrected chi connectivity index (χ4v) is 3.73. The Hall–Kier alpha value is -4.02. The predicted octanol–water partition coefficient (Wildman–Crippen LogP) is 4.95. The van der Waals surface area contributed by atoms with Crippen LogP contribution in [-0.4, -0.2) is 36.3 Å². The number of nitrogens with one attached hydrogen (secondary N) is 2. The van der Waals surface area contributed by atoms with Crippen molar-refractivity contribution in [2.45, 2.75) is 13.1 Å². The van der Waals surface area contributed by atoms with Crippen LogP contribution in [-0.2, 0) is 6.18 Å². The first-order chi connectivity index (χ1) is 15.4. The van der Waals surface area contributed by atoms with Crippen molar-refractivity contribution in [3.8, 4) is 16.8 Å². The van der Waals surface area contributed by atoms with Gasteiger partial charge in [-0.3, -0.25) is 0 Å². The highest BCUT2D eigenvalue weighted by molar-refractivity contribution is 6.15. The molecule has 0 atom stereocenters. The van der Waals surface area contributed by atoms with E-state index in [0.717, 1.165) is 10.7 Å². The van der Waals surface area contributed by atoms with Gasteiger partial charge in [0.15, 0.2) is 5.69 Å². The Kier molecular flexibility index (Phi) is 4.54. The number of alkyl halides is 3. The average molecular weight is 441 g/mol. The molecule has 7 nitrogen and oxygen atoms in total. The van der Waals surface area contributed by atoms with Crippen LogP contribution < -0.4 is 5.32 Å². The molecular formula is C21H15F4N7. The average Bonchev–Trinajstić information content (AvgIpc) is 3.39. The third-order valence-corrected chi connectivity index (χ3v) is 5.01. The van der Waals surface area contributed by atoms with Gasteiger partial charge in [0.25, 0.3) is 0 Å². The Labute approximate surface area is 178 Å². The molecule has 4 heterocycles. The van der Waals surface area contributed by atoms with Gasteiger partial charge in [0.2, 0.25) is 0 Å². The second-order valence-corrected chi connectivity index (χ2v) is 7.05. The Morgan fingerprint density at radius 3 is 2.59 bits per heavy atom. The first-order valence-electron chi connectivity index (χ1n) is 9.63. The summed E-state index contributed by atoms with van der Waals surface area (Å²) in [6.45, 7) is 2.42. The van der Waals surface area contributed by atoms with Crippen LogP contribution in [0.25, 0.3) is 38.8 Å². The van der Waals surface area contributed by atoms with Crippen LogP contribution in [0.3, 0.4) is 0 Å². The highest BCUT2D eigenvalue weighted by Gasteiger charge is 2.34. The van der Waals surface area contributed by atoms with Gasteiger partial charge in [0.1, 0.15) is 17.8 Å². The quantitative estimate of drug-likeness (QED) is 0.386. The van der Waals surface area contributed by atoms with E-state index in [0.29, 0.717) is 51.0 Å². The maximum absolute atomic E-state index is 14.5. The summed E-state index contributed by atoms with van der Waals surface area (Å²) >= 11 is 0. The first-order valence-corrected chi connectivity index (χ1v) is 9.63. The molecule has 0 aliphatic carbocycles. The zero-order valence-electron chi connectivity index (χ0n) is 16.6. The largest absolute Gasteiger partial charge is 0.435 e. The Morgan fingerprint density at radius 2 is 1.91 bits per heavy atom. The number of H-pyrrole nitrogens is 1. The molecule has 11 heteroatoms. The zero-order chi connectivity index (χ0) is 22.5. The van der Waals surface area contributed by atoms with E-state index < -0.39 is 17.7 Å². The molecule has 0 amide bonds. The molecular weight excluding hydrogens is 426 g/mol. The molecule has 0 saturated carbocycles. The number of fused-ring (bicyclic) bond motifs is 3. The van der Waals surface area contributed by atoms with E-state index >= 15 is 0 Å². The van der Waals surface area contributed by atoms with Gasteiger partial charge in [-0.05, 0) is 25.1 Å². The van der Waals surface area contributed by atoms with Gasteiger partial charge in [0.05, 0.1) is 22.3 Å². The van der Waals surface area contributed by atoms with Gasteiger partial charge < -0.3 is 10.3 Å². The van der Waals surface area contributed by atoms with Gasteiger partial charge in [-0.1, -0.05) is 0 Å². The molecule has 1 aromatic carbocycles. The summed E-state index contributed by atoms with van der Waals surface area (Å²) in [5.74, 6) is -0.495. The zero-order valence-corrected chi connectivity index (χ0v) is 16.6. The standard InChI is InChI=1S/C21H15F4N7/c1-2-28-15-6-12(22)5-13-17-19(32-4-3-16(31-32)21(23,24)25)14(11-7-26-10-27-8-11)9-29-20(17)30-18(13)15/h3-10,28H,2H2,1H3,(H,29,30). The maximum atomic E-state index is 14.5. The molecule has 0 radical (unpaired) electrons. The lowest BCUT2D eigenvalue weighted by Gasteiger charge is -2.12. The number of hydrogen-bond acceptors (Lipinski definition) is 5. The Morgan fingerprint density at radius 1 is 1.12 bits per heavy atom. The minimum Gasteiger partial charge on any atom is -0.384 e. The van der Waals surface area contributed by atoms with Crippen molar-refractivity contribution in [3.63, 3.8) is 0 Å². The fourth-order valence-electron chi connectivity index (χ4n) is 3.73. The predicted molar refractivity (Wildman–Crippen MR) is 111 cm³/mol. The van der Waals surface area contributed by atoms with E-state index in [-0.39, 0.29) is 0 Å². The summed E-state index contributed by atoms with van der Waals surface area (Å²) in [5, 5.41) is 7.73. The van der Waals surface area contributed by atoms with Crippen molar-refractivity contribution in [3.05, 3.63) is 60.8 Å². The van der Waals surface area contributed by atoms with Crippen molar-refractivity contribution in [2.75, 3.05) is 11.9 Å². The van der Waals surface area contributed by atoms with Crippen molar-refractivity contribution in [1.29, 1.82) is 0 Å². The summed E-state index contributed by atoms with van der Waals surface area (Å²) in [4.78, 5) is 15.6. The fraction of sp³-hybridized carbons (Fsp3) is 0.143. The van der Waals surface area contributed by atoms with Crippen LogP contribution in [0.2, 0.25) is 0 Å². The third-order valence-electron chi connectivity index (χ3n) is 5.01. The summed E-state index contributed by atoms with van der Waals surface area (Å²) in [6.07, 6.45) is 2.49. The second kappa shape index (κ2) is 7.29. The summed E-state index contributed by atoms with van der Waals surface area (Å²) < 4.78 is 55.4. The number of nitrogens with zero attached hydrogens (tertiary/aromatic N) is 5. The van der Waals surface area contributed by atoms with Crippen LogP contribution in [0.1, 0.15) is 12.6 Å². The van der Waals surface area contributed by atoms with E-state index in [1.807, 2.05) is 6.92 Å². The molecule has 0 unspecified atom stereocenters. The molecule has 2 N–H and O–H groups in total. The number of aromatic amines is 1. The van der Waals surface area contributed by atoms with Gasteiger partial charge in [-0.2, -0.15) is 18.3 Å². The van der Waals surface area contributed by atoms with Crippen LogP contribution in [0, 0.1) is 5.82 Å². The van der Waals surface area contributed by atoms with Gasteiger partial charge in [0, 0.05) is 47.8 Å². The lowest BCUT2D eigenvalue weighted by Crippen LogP contribution is -2.08. The number of aromatic nitrogens is 6. The van der Waals surface area contributed by atoms with E-state index in [4.69, 9.17) is 0 Å². The molecule has 0 spiro atoms. The van der Waals surface area contributed by atoms with Crippen molar-refractivity contribution < 1.29 is 17.6 Å². The number of halogens is 4. The molecule has 0 saturated heterocycles. The number of pyridine rings is 1. The van der Waals surface area contributed by atoms with Gasteiger partial charge >= 0.3 is 6.18 Å². The highest BCUT2D eigenvalue weighted by atomic mass is 19.4. The number of benzene rings is 1. The van der Waals surface area contributed by atoms with Gasteiger partial charge in [-0.15, -0.1) is 0 Å². The Balaban J connectivity index is 1.90. The molecule has 5 aromatic rings. The molecule has 0 aliphatic rings. The van der Waals surface area contributed by atoms with E-state index in [2.05, 4.69) is 30.4 Å². The van der Waals surface area contributed by atoms with E-state index in [1.54, 1.807) is 0 Å². The smallest absolute Gasteiger partial charge is 0.384 e. The second-order valence-electron chi connectivity index (χ2n) is 7.05. The summed E-state index contributed by atoms with van der Waals surface area (Å²) in [6, 6.07) is 3.55. The van der Waals surface area contributed by atoms with Crippen LogP contribution >= 0.6 is 0 Å². The normalized spacial score (nSPS) is 12.0. The topological polar surface area (TPSA) is 84.3 Å². The maximum Gasteiger partial charge on any atom is 0.435 e. The minimum atomic E-state index is -4.61. The van der Waals surface area contributed by atoms with Crippen molar-refractivity contribution in [2.24, 2.45) is 0 Å². The summed E-state index contributed by atoms with van der Waals surface area (Å²) in [7, 11) is 0. The lowest BCUT2D eigenvalue weighted by atomic mass is 10.0. The summed E-state index contributed by atoms with van der Waals surface area (Å²) in [5.41, 5.74) is 1.72. The molecule has 0 aliphatic heterocycles. The van der Waals surface area contributed by atoms with Gasteiger partial charge in [-0.25, -0.2) is 24.0 Å². The SMILES string of the molecule is CCNc1cc(F)cc2c1[nH]c1ncc(-c3cncnc3)c(-n3ccc(C(F)(F)F)n3)c12. The molecule has 162 valence electrons. The molecule has 0 bridgehead atoms. The highest BCUT2D eigenvalue weighted by Crippen LogP contribution is 2.39. The van der Waals surface area contributed by atoms with Crippen molar-refractivity contribution in [1.82, 2.24) is 29.7 Å². The molecule has 4 aromatic heterocycles. The number of rotatable bonds is 4. The Bertz CT molecular complexity index is 1440. The number of anilines is 1. The first kappa shape index (κ1) is 19.9. The van der Waals surface area contributed by atoms with Crippen LogP contribution in [0.4, 0.5) is 23.2 Å². The monoisotopic (exact) mass is 441 g/mol. The molecule has 32 heavy (non-hydrogen) atoms. The number of hydrogen-bond donors (Lipinski definition) is 2. The van der Waals surface area contributed by atoms with Crippen LogP contribution in [0.15, 0.2) is 49.3 Å². The third kappa shape index (κ3) is 3.22. The lowest BCUT2D eigenvalue weighted by molar-refractivity contribution is -0.141. The molecule has 5 rings (SSSR count). The van der Waals surface area contributed by atoms with E-state index in [9.17, 15) is 17.6 Å². The minimum absolute atomic E-state index is 0.305. The molecule has 0 fully saturated rings. The van der Waals surface area contributed by atoms with Crippen molar-refractivity contribution >= 4 is 27.6 Å². The van der Waals surface area contributed by atoms with Crippen LogP contribution in [0.5, 0.6) is 0 Å². The van der Waals surface area contributed by atoms with E-state index in [1.165, 1.54) is 43.2 Å².